The average molecular weight is 401 g/mol. The summed E-state index contributed by atoms with van der Waals surface area (Å²) >= 11 is 0. The van der Waals surface area contributed by atoms with Crippen molar-refractivity contribution >= 4 is 11.5 Å². The third-order valence-electron chi connectivity index (χ3n) is 4.76. The van der Waals surface area contributed by atoms with Gasteiger partial charge in [0.25, 0.3) is 5.91 Å². The number of ether oxygens (including phenoxy) is 4. The Bertz CT molecular complexity index is 887. The van der Waals surface area contributed by atoms with Crippen LogP contribution in [0.25, 0.3) is 5.57 Å². The van der Waals surface area contributed by atoms with E-state index < -0.39 is 5.82 Å². The van der Waals surface area contributed by atoms with Crippen molar-refractivity contribution in [3.05, 3.63) is 53.9 Å². The van der Waals surface area contributed by atoms with E-state index in [1.165, 1.54) is 12.1 Å². The fraction of sp³-hybridized carbons (Fsp3) is 0.318. The molecule has 2 aromatic carbocycles. The molecule has 0 unspecified atom stereocenters. The number of nitrogens with zero attached hydrogens (tertiary/aromatic N) is 1. The zero-order chi connectivity index (χ0) is 20.8. The van der Waals surface area contributed by atoms with Crippen LogP contribution in [-0.4, -0.2) is 51.8 Å². The SMILES string of the molecule is COc1cc(OC)c(C2=CCN(C(=O)COc3cccc(F)c3)CC2)c(OC)c1. The van der Waals surface area contributed by atoms with E-state index in [1.54, 1.807) is 38.4 Å². The van der Waals surface area contributed by atoms with Gasteiger partial charge in [0.05, 0.1) is 26.9 Å². The molecule has 0 saturated heterocycles. The molecule has 0 bridgehead atoms. The van der Waals surface area contributed by atoms with Crippen molar-refractivity contribution in [2.75, 3.05) is 41.0 Å². The van der Waals surface area contributed by atoms with Crippen LogP contribution >= 0.6 is 0 Å². The van der Waals surface area contributed by atoms with Crippen LogP contribution in [-0.2, 0) is 4.79 Å². The molecule has 0 aliphatic carbocycles. The summed E-state index contributed by atoms with van der Waals surface area (Å²) in [6.07, 6.45) is 2.63. The van der Waals surface area contributed by atoms with E-state index in [4.69, 9.17) is 18.9 Å². The smallest absolute Gasteiger partial charge is 0.260 e. The van der Waals surface area contributed by atoms with Gasteiger partial charge in [-0.25, -0.2) is 4.39 Å². The molecule has 1 heterocycles. The first-order chi connectivity index (χ1) is 14.0. The predicted molar refractivity (Wildman–Crippen MR) is 107 cm³/mol. The second-order valence-electron chi connectivity index (χ2n) is 6.47. The molecule has 154 valence electrons. The zero-order valence-corrected chi connectivity index (χ0v) is 16.7. The van der Waals surface area contributed by atoms with Gasteiger partial charge in [-0.05, 0) is 24.1 Å². The Kier molecular flexibility index (Phi) is 6.59. The topological polar surface area (TPSA) is 57.2 Å². The van der Waals surface area contributed by atoms with E-state index in [0.29, 0.717) is 42.5 Å². The van der Waals surface area contributed by atoms with Crippen molar-refractivity contribution in [3.8, 4) is 23.0 Å². The van der Waals surface area contributed by atoms with Gasteiger partial charge in [-0.3, -0.25) is 4.79 Å². The highest BCUT2D eigenvalue weighted by atomic mass is 19.1. The number of benzene rings is 2. The molecule has 0 aromatic heterocycles. The third-order valence-corrected chi connectivity index (χ3v) is 4.76. The van der Waals surface area contributed by atoms with Gasteiger partial charge in [0, 0.05) is 31.3 Å². The third kappa shape index (κ3) is 4.80. The van der Waals surface area contributed by atoms with Crippen LogP contribution in [0.1, 0.15) is 12.0 Å². The number of rotatable bonds is 7. The highest BCUT2D eigenvalue weighted by Gasteiger charge is 2.23. The minimum Gasteiger partial charge on any atom is -0.496 e. The molecule has 1 amide bonds. The van der Waals surface area contributed by atoms with Gasteiger partial charge in [0.2, 0.25) is 0 Å². The van der Waals surface area contributed by atoms with Gasteiger partial charge in [-0.15, -0.1) is 0 Å². The standard InChI is InChI=1S/C22H24FNO5/c1-26-18-12-19(27-2)22(20(13-18)28-3)15-7-9-24(10-8-15)21(25)14-29-17-6-4-5-16(23)11-17/h4-7,11-13H,8-10,14H2,1-3H3. The number of amides is 1. The Morgan fingerprint density at radius 1 is 1.03 bits per heavy atom. The van der Waals surface area contributed by atoms with Gasteiger partial charge in [0.1, 0.15) is 28.8 Å². The molecular formula is C22H24FNO5. The summed E-state index contributed by atoms with van der Waals surface area (Å²) in [6.45, 7) is 0.844. The first-order valence-corrected chi connectivity index (χ1v) is 9.21. The lowest BCUT2D eigenvalue weighted by Gasteiger charge is -2.28. The molecule has 0 radical (unpaired) electrons. The van der Waals surface area contributed by atoms with Crippen molar-refractivity contribution in [2.45, 2.75) is 6.42 Å². The minimum atomic E-state index is -0.400. The highest BCUT2D eigenvalue weighted by Crippen LogP contribution is 2.40. The van der Waals surface area contributed by atoms with E-state index in [2.05, 4.69) is 0 Å². The van der Waals surface area contributed by atoms with Crippen molar-refractivity contribution in [1.29, 1.82) is 0 Å². The summed E-state index contributed by atoms with van der Waals surface area (Å²) in [5.41, 5.74) is 1.90. The van der Waals surface area contributed by atoms with Crippen molar-refractivity contribution in [1.82, 2.24) is 4.90 Å². The van der Waals surface area contributed by atoms with Crippen LogP contribution in [0, 0.1) is 5.82 Å². The maximum atomic E-state index is 13.2. The summed E-state index contributed by atoms with van der Waals surface area (Å²) in [5, 5.41) is 0. The van der Waals surface area contributed by atoms with Gasteiger partial charge < -0.3 is 23.8 Å². The van der Waals surface area contributed by atoms with Crippen LogP contribution in [0.2, 0.25) is 0 Å². The predicted octanol–water partition coefficient (Wildman–Crippen LogP) is 3.55. The maximum Gasteiger partial charge on any atom is 0.260 e. The van der Waals surface area contributed by atoms with E-state index in [1.807, 2.05) is 18.2 Å². The number of carbonyl (C=O) groups excluding carboxylic acids is 1. The van der Waals surface area contributed by atoms with Gasteiger partial charge >= 0.3 is 0 Å². The lowest BCUT2D eigenvalue weighted by molar-refractivity contribution is -0.132. The molecule has 0 N–H and O–H groups in total. The van der Waals surface area contributed by atoms with Crippen LogP contribution in [0.5, 0.6) is 23.0 Å². The van der Waals surface area contributed by atoms with Crippen molar-refractivity contribution in [3.63, 3.8) is 0 Å². The number of carbonyl (C=O) groups is 1. The number of hydrogen-bond donors (Lipinski definition) is 0. The molecule has 0 spiro atoms. The van der Waals surface area contributed by atoms with Crippen LogP contribution in [0.3, 0.4) is 0 Å². The first kappa shape index (κ1) is 20.5. The summed E-state index contributed by atoms with van der Waals surface area (Å²) in [6, 6.07) is 9.36. The second-order valence-corrected chi connectivity index (χ2v) is 6.47. The Labute approximate surface area is 169 Å². The Balaban J connectivity index is 1.69. The van der Waals surface area contributed by atoms with Gasteiger partial charge in [0.15, 0.2) is 6.61 Å². The molecule has 1 aliphatic rings. The molecular weight excluding hydrogens is 377 g/mol. The molecule has 0 saturated carbocycles. The summed E-state index contributed by atoms with van der Waals surface area (Å²) in [5.74, 6) is 1.73. The molecule has 1 aliphatic heterocycles. The number of halogens is 1. The first-order valence-electron chi connectivity index (χ1n) is 9.21. The fourth-order valence-corrected chi connectivity index (χ4v) is 3.24. The van der Waals surface area contributed by atoms with Crippen LogP contribution in [0.15, 0.2) is 42.5 Å². The molecule has 7 heteroatoms. The monoisotopic (exact) mass is 401 g/mol. The maximum absolute atomic E-state index is 13.2. The average Bonchev–Trinajstić information content (AvgIpc) is 2.76. The number of hydrogen-bond acceptors (Lipinski definition) is 5. The van der Waals surface area contributed by atoms with E-state index in [9.17, 15) is 9.18 Å². The van der Waals surface area contributed by atoms with E-state index in [0.717, 1.165) is 11.1 Å². The molecule has 2 aromatic rings. The lowest BCUT2D eigenvalue weighted by Crippen LogP contribution is -2.37. The Morgan fingerprint density at radius 2 is 1.76 bits per heavy atom. The van der Waals surface area contributed by atoms with E-state index >= 15 is 0 Å². The fourth-order valence-electron chi connectivity index (χ4n) is 3.24. The normalized spacial score (nSPS) is 13.5. The summed E-state index contributed by atoms with van der Waals surface area (Å²) in [7, 11) is 4.78. The Hall–Kier alpha value is -3.22. The zero-order valence-electron chi connectivity index (χ0n) is 16.7. The Morgan fingerprint density at radius 3 is 2.31 bits per heavy atom. The lowest BCUT2D eigenvalue weighted by atomic mass is 9.97. The molecule has 6 nitrogen and oxygen atoms in total. The van der Waals surface area contributed by atoms with Crippen LogP contribution < -0.4 is 18.9 Å². The summed E-state index contributed by atoms with van der Waals surface area (Å²) in [4.78, 5) is 14.1. The number of methoxy groups -OCH3 is 3. The summed E-state index contributed by atoms with van der Waals surface area (Å²) < 4.78 is 35.0. The van der Waals surface area contributed by atoms with E-state index in [-0.39, 0.29) is 12.5 Å². The van der Waals surface area contributed by atoms with Crippen molar-refractivity contribution in [2.24, 2.45) is 0 Å². The minimum absolute atomic E-state index is 0.137. The largest absolute Gasteiger partial charge is 0.496 e. The second kappa shape index (κ2) is 9.32. The van der Waals surface area contributed by atoms with Crippen LogP contribution in [0.4, 0.5) is 4.39 Å². The molecule has 3 rings (SSSR count). The molecule has 29 heavy (non-hydrogen) atoms. The highest BCUT2D eigenvalue weighted by molar-refractivity contribution is 5.81. The van der Waals surface area contributed by atoms with Gasteiger partial charge in [-0.2, -0.15) is 0 Å². The molecule has 0 atom stereocenters. The van der Waals surface area contributed by atoms with Gasteiger partial charge in [-0.1, -0.05) is 12.1 Å². The quantitative estimate of drug-likeness (QED) is 0.710. The van der Waals surface area contributed by atoms with Crippen molar-refractivity contribution < 1.29 is 28.1 Å². The molecule has 0 fully saturated rings.